The number of nitrogens with zero attached hydrogens (tertiary/aromatic N) is 1. The molecule has 1 N–H and O–H groups in total. The Hall–Kier alpha value is -1.42. The Kier molecular flexibility index (Phi) is 9.47. The molecule has 0 aliphatic carbocycles. The minimum atomic E-state index is -0.126. The Bertz CT molecular complexity index is 408. The number of carbonyl (C=O) groups excluding carboxylic acids is 1. The lowest BCUT2D eigenvalue weighted by atomic mass is 9.87. The summed E-state index contributed by atoms with van der Waals surface area (Å²) in [5, 5.41) is 8.93. The molecule has 0 fully saturated rings. The van der Waals surface area contributed by atoms with Crippen LogP contribution in [0.25, 0.3) is 0 Å². The molecule has 0 saturated carbocycles. The predicted octanol–water partition coefficient (Wildman–Crippen LogP) is 3.38. The zero-order valence-electron chi connectivity index (χ0n) is 13.8. The zero-order chi connectivity index (χ0) is 16.2. The second kappa shape index (κ2) is 11.2. The molecule has 1 heterocycles. The van der Waals surface area contributed by atoms with Crippen LogP contribution in [0.4, 0.5) is 0 Å². The van der Waals surface area contributed by atoms with E-state index in [9.17, 15) is 4.79 Å². The minimum Gasteiger partial charge on any atom is -0.469 e. The lowest BCUT2D eigenvalue weighted by molar-refractivity contribution is -0.145. The van der Waals surface area contributed by atoms with Crippen LogP contribution >= 0.6 is 0 Å². The number of pyridine rings is 1. The molecule has 1 aromatic heterocycles. The van der Waals surface area contributed by atoms with E-state index < -0.39 is 0 Å². The van der Waals surface area contributed by atoms with Gasteiger partial charge in [-0.2, -0.15) is 0 Å². The van der Waals surface area contributed by atoms with Crippen LogP contribution in [-0.4, -0.2) is 29.8 Å². The molecule has 0 aliphatic rings. The highest BCUT2D eigenvalue weighted by Crippen LogP contribution is 2.24. The minimum absolute atomic E-state index is 0.0532. The molecule has 22 heavy (non-hydrogen) atoms. The third kappa shape index (κ3) is 7.55. The molecule has 0 radical (unpaired) electrons. The van der Waals surface area contributed by atoms with E-state index in [0.717, 1.165) is 44.9 Å². The van der Waals surface area contributed by atoms with Crippen LogP contribution in [0.5, 0.6) is 0 Å². The third-order valence-electron chi connectivity index (χ3n) is 4.11. The second-order valence-corrected chi connectivity index (χ2v) is 6.00. The van der Waals surface area contributed by atoms with Gasteiger partial charge in [0.25, 0.3) is 0 Å². The van der Waals surface area contributed by atoms with Gasteiger partial charge in [-0.3, -0.25) is 9.78 Å². The summed E-state index contributed by atoms with van der Waals surface area (Å²) in [4.78, 5) is 15.7. The summed E-state index contributed by atoms with van der Waals surface area (Å²) in [7, 11) is 1.45. The van der Waals surface area contributed by atoms with Crippen molar-refractivity contribution in [3.05, 3.63) is 30.1 Å². The van der Waals surface area contributed by atoms with Gasteiger partial charge in [0, 0.05) is 19.0 Å². The van der Waals surface area contributed by atoms with Crippen molar-refractivity contribution in [3.8, 4) is 0 Å². The summed E-state index contributed by atoms with van der Waals surface area (Å²) in [6.07, 6.45) is 10.7. The van der Waals surface area contributed by atoms with Gasteiger partial charge in [-0.05, 0) is 43.2 Å². The van der Waals surface area contributed by atoms with Crippen molar-refractivity contribution in [2.45, 2.75) is 51.9 Å². The van der Waals surface area contributed by atoms with E-state index in [1.807, 2.05) is 19.2 Å². The van der Waals surface area contributed by atoms with Gasteiger partial charge in [0.1, 0.15) is 0 Å². The number of rotatable bonds is 11. The quantitative estimate of drug-likeness (QED) is 0.503. The number of hydrogen-bond donors (Lipinski definition) is 1. The largest absolute Gasteiger partial charge is 0.469 e. The molecular formula is C18H29NO3. The Morgan fingerprint density at radius 2 is 2.09 bits per heavy atom. The van der Waals surface area contributed by atoms with Crippen LogP contribution in [0.2, 0.25) is 0 Å². The summed E-state index contributed by atoms with van der Waals surface area (Å²) >= 11 is 0. The Labute approximate surface area is 133 Å². The molecule has 4 nitrogen and oxygen atoms in total. The molecule has 0 bridgehead atoms. The predicted molar refractivity (Wildman–Crippen MR) is 87.4 cm³/mol. The highest BCUT2D eigenvalue weighted by Gasteiger charge is 2.19. The van der Waals surface area contributed by atoms with Crippen molar-refractivity contribution in [1.29, 1.82) is 0 Å². The first kappa shape index (κ1) is 18.6. The Morgan fingerprint density at radius 3 is 2.73 bits per heavy atom. The van der Waals surface area contributed by atoms with E-state index >= 15 is 0 Å². The van der Waals surface area contributed by atoms with E-state index in [1.54, 1.807) is 6.20 Å². The third-order valence-corrected chi connectivity index (χ3v) is 4.11. The molecule has 0 amide bonds. The number of methoxy groups -OCH3 is 1. The van der Waals surface area contributed by atoms with E-state index in [-0.39, 0.29) is 18.5 Å². The van der Waals surface area contributed by atoms with E-state index in [0.29, 0.717) is 5.92 Å². The average molecular weight is 307 g/mol. The lowest BCUT2D eigenvalue weighted by Crippen LogP contribution is -2.17. The number of hydrogen-bond acceptors (Lipinski definition) is 4. The average Bonchev–Trinajstić information content (AvgIpc) is 2.55. The maximum atomic E-state index is 11.6. The highest BCUT2D eigenvalue weighted by molar-refractivity contribution is 5.71. The van der Waals surface area contributed by atoms with Crippen molar-refractivity contribution >= 4 is 5.97 Å². The zero-order valence-corrected chi connectivity index (χ0v) is 13.8. The van der Waals surface area contributed by atoms with Gasteiger partial charge in [-0.1, -0.05) is 32.3 Å². The summed E-state index contributed by atoms with van der Waals surface area (Å²) in [6, 6.07) is 4.07. The fourth-order valence-corrected chi connectivity index (χ4v) is 2.86. The standard InChI is InChI=1S/C18H29NO3/c1-15(18(21)22-2)13-16(7-3-4-12-20)8-5-9-17-10-6-11-19-14-17/h6,10-11,14-16,20H,3-5,7-9,12-13H2,1-2H3/t15-,16+/m1/s1. The number of aromatic nitrogens is 1. The van der Waals surface area contributed by atoms with E-state index in [4.69, 9.17) is 9.84 Å². The van der Waals surface area contributed by atoms with Gasteiger partial charge in [-0.25, -0.2) is 0 Å². The molecule has 0 aliphatic heterocycles. The summed E-state index contributed by atoms with van der Waals surface area (Å²) in [6.45, 7) is 2.18. The van der Waals surface area contributed by atoms with Crippen molar-refractivity contribution in [2.24, 2.45) is 11.8 Å². The number of esters is 1. The molecule has 2 atom stereocenters. The fraction of sp³-hybridized carbons (Fsp3) is 0.667. The van der Waals surface area contributed by atoms with Crippen molar-refractivity contribution in [1.82, 2.24) is 4.98 Å². The van der Waals surface area contributed by atoms with Crippen LogP contribution in [0.1, 0.15) is 51.0 Å². The topological polar surface area (TPSA) is 59.4 Å². The molecule has 0 saturated heterocycles. The van der Waals surface area contributed by atoms with E-state index in [2.05, 4.69) is 11.1 Å². The van der Waals surface area contributed by atoms with Gasteiger partial charge in [-0.15, -0.1) is 0 Å². The summed E-state index contributed by atoms with van der Waals surface area (Å²) < 4.78 is 4.83. The molecule has 0 aromatic carbocycles. The lowest BCUT2D eigenvalue weighted by Gasteiger charge is -2.20. The van der Waals surface area contributed by atoms with Crippen LogP contribution in [0.15, 0.2) is 24.5 Å². The molecule has 124 valence electrons. The maximum absolute atomic E-state index is 11.6. The number of unbranched alkanes of at least 4 members (excludes halogenated alkanes) is 1. The van der Waals surface area contributed by atoms with Gasteiger partial charge in [0.05, 0.1) is 13.0 Å². The number of aryl methyl sites for hydroxylation is 1. The summed E-state index contributed by atoms with van der Waals surface area (Å²) in [5.41, 5.74) is 1.26. The molecule has 0 unspecified atom stereocenters. The Balaban J connectivity index is 2.41. The van der Waals surface area contributed by atoms with Crippen LogP contribution < -0.4 is 0 Å². The van der Waals surface area contributed by atoms with E-state index in [1.165, 1.54) is 12.7 Å². The highest BCUT2D eigenvalue weighted by atomic mass is 16.5. The molecule has 4 heteroatoms. The normalized spacial score (nSPS) is 13.6. The Morgan fingerprint density at radius 1 is 1.32 bits per heavy atom. The maximum Gasteiger partial charge on any atom is 0.308 e. The number of aliphatic hydroxyl groups excluding tert-OH is 1. The first-order valence-electron chi connectivity index (χ1n) is 8.25. The van der Waals surface area contributed by atoms with Crippen LogP contribution in [0.3, 0.4) is 0 Å². The number of carbonyl (C=O) groups is 1. The van der Waals surface area contributed by atoms with Crippen LogP contribution in [0, 0.1) is 11.8 Å². The first-order valence-corrected chi connectivity index (χ1v) is 8.25. The van der Waals surface area contributed by atoms with Crippen molar-refractivity contribution in [3.63, 3.8) is 0 Å². The molecular weight excluding hydrogens is 278 g/mol. The number of ether oxygens (including phenoxy) is 1. The monoisotopic (exact) mass is 307 g/mol. The van der Waals surface area contributed by atoms with Crippen LogP contribution in [-0.2, 0) is 16.0 Å². The van der Waals surface area contributed by atoms with Crippen molar-refractivity contribution < 1.29 is 14.6 Å². The van der Waals surface area contributed by atoms with Crippen molar-refractivity contribution in [2.75, 3.05) is 13.7 Å². The molecule has 0 spiro atoms. The smallest absolute Gasteiger partial charge is 0.308 e. The number of aliphatic hydroxyl groups is 1. The second-order valence-electron chi connectivity index (χ2n) is 6.00. The van der Waals surface area contributed by atoms with Gasteiger partial charge >= 0.3 is 5.97 Å². The SMILES string of the molecule is COC(=O)[C@H](C)C[C@@H](CCCCO)CCCc1cccnc1. The molecule has 1 rings (SSSR count). The first-order chi connectivity index (χ1) is 10.7. The van der Waals surface area contributed by atoms with Gasteiger partial charge < -0.3 is 9.84 Å². The molecule has 1 aromatic rings. The van der Waals surface area contributed by atoms with Gasteiger partial charge in [0.15, 0.2) is 0 Å². The summed E-state index contributed by atoms with van der Waals surface area (Å²) in [5.74, 6) is 0.333. The fourth-order valence-electron chi connectivity index (χ4n) is 2.86. The van der Waals surface area contributed by atoms with Gasteiger partial charge in [0.2, 0.25) is 0 Å².